The summed E-state index contributed by atoms with van der Waals surface area (Å²) in [4.78, 5) is 27.9. The van der Waals surface area contributed by atoms with Crippen LogP contribution >= 0.6 is 0 Å². The summed E-state index contributed by atoms with van der Waals surface area (Å²) in [6, 6.07) is 3.76. The van der Waals surface area contributed by atoms with E-state index in [0.717, 1.165) is 11.0 Å². The molecular weight excluding hydrogens is 433 g/mol. The van der Waals surface area contributed by atoms with Gasteiger partial charge in [-0.05, 0) is 26.3 Å². The molecule has 33 heavy (non-hydrogen) atoms. The molecule has 4 heterocycles. The van der Waals surface area contributed by atoms with Crippen LogP contribution in [0.25, 0.3) is 11.0 Å². The average molecular weight is 461 g/mol. The Morgan fingerprint density at radius 1 is 1.33 bits per heavy atom. The number of halogens is 1. The summed E-state index contributed by atoms with van der Waals surface area (Å²) in [5.74, 6) is 2.23. The van der Waals surface area contributed by atoms with Crippen LogP contribution in [-0.4, -0.2) is 73.7 Å². The molecule has 0 spiro atoms. The van der Waals surface area contributed by atoms with Crippen molar-refractivity contribution >= 4 is 35.1 Å². The van der Waals surface area contributed by atoms with Crippen molar-refractivity contribution in [3.05, 3.63) is 30.4 Å². The smallest absolute Gasteiger partial charge is 0.290 e. The Labute approximate surface area is 190 Å². The van der Waals surface area contributed by atoms with E-state index in [1.807, 2.05) is 29.4 Å². The van der Waals surface area contributed by atoms with Gasteiger partial charge in [0, 0.05) is 32.0 Å². The van der Waals surface area contributed by atoms with Gasteiger partial charge in [-0.2, -0.15) is 4.98 Å². The number of aromatic nitrogens is 5. The first-order valence-corrected chi connectivity index (χ1v) is 10.5. The Bertz CT molecular complexity index is 1080. The molecule has 2 atom stereocenters. The minimum atomic E-state index is -1.08. The van der Waals surface area contributed by atoms with Crippen LogP contribution < -0.4 is 10.2 Å². The number of nitrogens with one attached hydrogen (secondary N) is 1. The zero-order chi connectivity index (χ0) is 24.0. The van der Waals surface area contributed by atoms with E-state index in [9.17, 15) is 9.50 Å². The maximum Gasteiger partial charge on any atom is 0.290 e. The fourth-order valence-electron chi connectivity index (χ4n) is 3.84. The summed E-state index contributed by atoms with van der Waals surface area (Å²) in [6.07, 6.45) is 2.43. The third-order valence-electron chi connectivity index (χ3n) is 5.27. The van der Waals surface area contributed by atoms with Gasteiger partial charge in [0.15, 0.2) is 0 Å². The highest BCUT2D eigenvalue weighted by atomic mass is 19.1. The number of anilines is 3. The number of hydrogen-bond acceptors (Lipinski definition) is 9. The van der Waals surface area contributed by atoms with Gasteiger partial charge >= 0.3 is 0 Å². The van der Waals surface area contributed by atoms with Crippen molar-refractivity contribution in [1.29, 1.82) is 0 Å². The van der Waals surface area contributed by atoms with Crippen LogP contribution in [0, 0.1) is 0 Å². The molecule has 0 saturated carbocycles. The molecule has 3 aromatic rings. The lowest BCUT2D eigenvalue weighted by molar-refractivity contribution is -0.122. The van der Waals surface area contributed by atoms with Crippen LogP contribution in [0.3, 0.4) is 0 Å². The normalized spacial score (nSPS) is 18.2. The van der Waals surface area contributed by atoms with E-state index in [1.54, 1.807) is 18.5 Å². The number of aliphatic hydroxyl groups is 1. The molecule has 0 radical (unpaired) electrons. The predicted molar refractivity (Wildman–Crippen MR) is 120 cm³/mol. The second-order valence-electron chi connectivity index (χ2n) is 7.71. The number of piperidine rings is 1. The van der Waals surface area contributed by atoms with Gasteiger partial charge in [-0.3, -0.25) is 4.79 Å². The third kappa shape index (κ3) is 5.52. The molecule has 0 amide bonds. The Morgan fingerprint density at radius 3 is 2.73 bits per heavy atom. The largest absolute Gasteiger partial charge is 0.483 e. The number of imidazole rings is 1. The van der Waals surface area contributed by atoms with Crippen molar-refractivity contribution in [3.63, 3.8) is 0 Å². The molecule has 0 unspecified atom stereocenters. The predicted octanol–water partition coefficient (Wildman–Crippen LogP) is 2.30. The zero-order valence-electron chi connectivity index (χ0n) is 18.7. The lowest BCUT2D eigenvalue weighted by Gasteiger charge is -2.33. The first kappa shape index (κ1) is 24.3. The average Bonchev–Trinajstić information content (AvgIpc) is 3.18. The van der Waals surface area contributed by atoms with E-state index in [2.05, 4.69) is 25.3 Å². The Morgan fingerprint density at radius 2 is 2.09 bits per heavy atom. The van der Waals surface area contributed by atoms with Crippen molar-refractivity contribution in [1.82, 2.24) is 24.5 Å². The van der Waals surface area contributed by atoms with Crippen LogP contribution in [0.4, 0.5) is 22.0 Å². The Kier molecular flexibility index (Phi) is 8.06. The molecule has 3 aromatic heterocycles. The van der Waals surface area contributed by atoms with Gasteiger partial charge in [-0.25, -0.2) is 19.3 Å². The number of carbonyl (C=O) groups is 1. The zero-order valence-corrected chi connectivity index (χ0v) is 18.7. The van der Waals surface area contributed by atoms with Gasteiger partial charge in [0.05, 0.1) is 24.4 Å². The maximum absolute atomic E-state index is 14.2. The number of methoxy groups -OCH3 is 1. The number of carboxylic acid groups (broad SMARTS) is 1. The molecule has 1 fully saturated rings. The third-order valence-corrected chi connectivity index (χ3v) is 5.27. The monoisotopic (exact) mass is 461 g/mol. The van der Waals surface area contributed by atoms with Gasteiger partial charge in [0.2, 0.25) is 5.95 Å². The molecule has 1 aliphatic rings. The van der Waals surface area contributed by atoms with Crippen molar-refractivity contribution in [2.24, 2.45) is 0 Å². The quantitative estimate of drug-likeness (QED) is 0.469. The summed E-state index contributed by atoms with van der Waals surface area (Å²) >= 11 is 0. The topological polar surface area (TPSA) is 139 Å². The molecule has 3 N–H and O–H groups in total. The molecule has 1 aliphatic heterocycles. The lowest BCUT2D eigenvalue weighted by atomic mass is 10.1. The molecule has 4 rings (SSSR count). The summed E-state index contributed by atoms with van der Waals surface area (Å²) in [6.45, 7) is 4.51. The molecule has 12 heteroatoms. The number of aliphatic hydroxyl groups excluding tert-OH is 1. The highest BCUT2D eigenvalue weighted by molar-refractivity contribution is 5.79. The van der Waals surface area contributed by atoms with E-state index in [-0.39, 0.29) is 31.8 Å². The number of pyridine rings is 1. The summed E-state index contributed by atoms with van der Waals surface area (Å²) in [5, 5.41) is 19.7. The SMILES string of the molecule is CO[C@H]1CCN(c2nccc(Nc3cc4c(cn3)nc(CO)n4C(C)C)n2)C[C@@H]1F.O=CO. The highest BCUT2D eigenvalue weighted by Crippen LogP contribution is 2.25. The van der Waals surface area contributed by atoms with E-state index >= 15 is 0 Å². The number of ether oxygens (including phenoxy) is 1. The molecule has 0 bridgehead atoms. The number of nitrogens with zero attached hydrogens (tertiary/aromatic N) is 6. The summed E-state index contributed by atoms with van der Waals surface area (Å²) in [5.41, 5.74) is 1.60. The highest BCUT2D eigenvalue weighted by Gasteiger charge is 2.30. The van der Waals surface area contributed by atoms with Gasteiger partial charge in [0.1, 0.15) is 35.8 Å². The van der Waals surface area contributed by atoms with E-state index in [4.69, 9.17) is 14.6 Å². The van der Waals surface area contributed by atoms with Gasteiger partial charge < -0.3 is 29.7 Å². The van der Waals surface area contributed by atoms with Crippen molar-refractivity contribution < 1.29 is 24.1 Å². The maximum atomic E-state index is 14.2. The number of alkyl halides is 1. The van der Waals surface area contributed by atoms with E-state index in [1.165, 1.54) is 7.11 Å². The minimum Gasteiger partial charge on any atom is -0.483 e. The molecular formula is C21H28FN7O4. The molecule has 1 saturated heterocycles. The second kappa shape index (κ2) is 11.0. The fraction of sp³-hybridized carbons (Fsp3) is 0.476. The minimum absolute atomic E-state index is 0.139. The number of rotatable bonds is 6. The Hall–Kier alpha value is -3.38. The molecule has 0 aliphatic carbocycles. The van der Waals surface area contributed by atoms with Gasteiger partial charge in [-0.1, -0.05) is 0 Å². The summed E-state index contributed by atoms with van der Waals surface area (Å²) in [7, 11) is 1.53. The van der Waals surface area contributed by atoms with Gasteiger partial charge in [-0.15, -0.1) is 0 Å². The van der Waals surface area contributed by atoms with Crippen LogP contribution in [0.2, 0.25) is 0 Å². The van der Waals surface area contributed by atoms with E-state index < -0.39 is 6.17 Å². The number of hydrogen-bond donors (Lipinski definition) is 3. The first-order chi connectivity index (χ1) is 15.9. The molecule has 11 nitrogen and oxygen atoms in total. The van der Waals surface area contributed by atoms with Crippen LogP contribution in [0.1, 0.15) is 32.1 Å². The Balaban J connectivity index is 0.000000968. The fourth-order valence-corrected chi connectivity index (χ4v) is 3.84. The standard InChI is InChI=1S/C20H26FN7O2.CH2O2/c1-12(2)28-15-8-18(23-9-14(15)24-19(28)11-29)25-17-4-6-22-20(26-17)27-7-5-16(30-3)13(21)10-27;2-1-3/h4,6,8-9,12-13,16,29H,5,7,10-11H2,1-3H3,(H,22,23,25,26);1H,(H,2,3)/t13-,16-;/m0./s1. The van der Waals surface area contributed by atoms with Crippen molar-refractivity contribution in [2.45, 2.75) is 45.2 Å². The van der Waals surface area contributed by atoms with Crippen LogP contribution in [0.15, 0.2) is 24.5 Å². The molecule has 0 aromatic carbocycles. The van der Waals surface area contributed by atoms with Crippen molar-refractivity contribution in [3.8, 4) is 0 Å². The van der Waals surface area contributed by atoms with Crippen LogP contribution in [-0.2, 0) is 16.1 Å². The molecule has 178 valence electrons. The van der Waals surface area contributed by atoms with Gasteiger partial charge in [0.25, 0.3) is 6.47 Å². The van der Waals surface area contributed by atoms with Crippen molar-refractivity contribution in [2.75, 3.05) is 30.4 Å². The van der Waals surface area contributed by atoms with E-state index in [0.29, 0.717) is 36.4 Å². The lowest BCUT2D eigenvalue weighted by Crippen LogP contribution is -2.46. The first-order valence-electron chi connectivity index (χ1n) is 10.5. The summed E-state index contributed by atoms with van der Waals surface area (Å²) < 4.78 is 21.4. The number of fused-ring (bicyclic) bond motifs is 1. The second-order valence-corrected chi connectivity index (χ2v) is 7.71. The van der Waals surface area contributed by atoms with Crippen LogP contribution in [0.5, 0.6) is 0 Å².